The fourth-order valence-electron chi connectivity index (χ4n) is 2.58. The molecule has 9 heteroatoms. The number of rotatable bonds is 3. The third-order valence-corrected chi connectivity index (χ3v) is 6.44. The van der Waals surface area contributed by atoms with Gasteiger partial charge in [-0.1, -0.05) is 40.9 Å². The van der Waals surface area contributed by atoms with Crippen molar-refractivity contribution in [2.75, 3.05) is 21.9 Å². The van der Waals surface area contributed by atoms with Gasteiger partial charge in [0.05, 0.1) is 27.0 Å². The van der Waals surface area contributed by atoms with Gasteiger partial charge in [0.2, 0.25) is 10.0 Å². The van der Waals surface area contributed by atoms with Gasteiger partial charge < -0.3 is 5.32 Å². The van der Waals surface area contributed by atoms with Crippen LogP contribution in [0.4, 0.5) is 11.4 Å². The fraction of sp³-hybridized carbons (Fsp3) is 0.188. The normalized spacial score (nSPS) is 16.0. The Bertz CT molecular complexity index is 948. The van der Waals surface area contributed by atoms with Gasteiger partial charge in [-0.15, -0.1) is 0 Å². The first-order chi connectivity index (χ1) is 11.8. The van der Waals surface area contributed by atoms with Crippen LogP contribution in [0.2, 0.25) is 15.1 Å². The van der Waals surface area contributed by atoms with Crippen LogP contribution < -0.4 is 9.62 Å². The second-order valence-corrected chi connectivity index (χ2v) is 8.75. The highest BCUT2D eigenvalue weighted by Gasteiger charge is 2.31. The number of carbonyl (C=O) groups excluding carboxylic acids is 1. The van der Waals surface area contributed by atoms with E-state index in [1.807, 2.05) is 0 Å². The molecule has 0 aromatic heterocycles. The minimum atomic E-state index is -3.43. The molecule has 1 amide bonds. The Kier molecular flexibility index (Phi) is 5.16. The summed E-state index contributed by atoms with van der Waals surface area (Å²) in [6, 6.07) is 9.42. The smallest absolute Gasteiger partial charge is 0.257 e. The molecule has 5 nitrogen and oxygen atoms in total. The van der Waals surface area contributed by atoms with Gasteiger partial charge in [-0.3, -0.25) is 9.10 Å². The van der Waals surface area contributed by atoms with Crippen molar-refractivity contribution in [1.29, 1.82) is 0 Å². The van der Waals surface area contributed by atoms with Crippen molar-refractivity contribution < 1.29 is 13.2 Å². The van der Waals surface area contributed by atoms with Crippen molar-refractivity contribution in [3.05, 3.63) is 57.0 Å². The maximum Gasteiger partial charge on any atom is 0.257 e. The minimum absolute atomic E-state index is 0.0516. The Morgan fingerprint density at radius 2 is 1.84 bits per heavy atom. The van der Waals surface area contributed by atoms with Gasteiger partial charge in [0, 0.05) is 17.3 Å². The van der Waals surface area contributed by atoms with Crippen LogP contribution in [0.25, 0.3) is 0 Å². The SMILES string of the molecule is O=C(Nc1cccc(Cl)c1)c1cc(N2CCCS2(=O)=O)c(Cl)cc1Cl. The molecule has 0 bridgehead atoms. The first-order valence-electron chi connectivity index (χ1n) is 7.34. The summed E-state index contributed by atoms with van der Waals surface area (Å²) in [6.45, 7) is 0.318. The Balaban J connectivity index is 1.96. The van der Waals surface area contributed by atoms with Crippen molar-refractivity contribution in [2.24, 2.45) is 0 Å². The van der Waals surface area contributed by atoms with Crippen LogP contribution in [-0.4, -0.2) is 26.6 Å². The van der Waals surface area contributed by atoms with Gasteiger partial charge >= 0.3 is 0 Å². The summed E-state index contributed by atoms with van der Waals surface area (Å²) in [5, 5.41) is 3.46. The third-order valence-electron chi connectivity index (χ3n) is 3.73. The molecule has 2 aromatic carbocycles. The van der Waals surface area contributed by atoms with Crippen LogP contribution in [0.5, 0.6) is 0 Å². The van der Waals surface area contributed by atoms with Crippen LogP contribution in [0.3, 0.4) is 0 Å². The Hall–Kier alpha value is -1.47. The molecular formula is C16H13Cl3N2O3S. The van der Waals surface area contributed by atoms with E-state index in [0.717, 1.165) is 0 Å². The van der Waals surface area contributed by atoms with Crippen LogP contribution in [0.1, 0.15) is 16.8 Å². The molecule has 0 unspecified atom stereocenters. The quantitative estimate of drug-likeness (QED) is 0.800. The summed E-state index contributed by atoms with van der Waals surface area (Å²) in [6.07, 6.45) is 0.505. The maximum absolute atomic E-state index is 12.5. The van der Waals surface area contributed by atoms with Crippen molar-refractivity contribution in [3.63, 3.8) is 0 Å². The third kappa shape index (κ3) is 3.87. The number of anilines is 2. The van der Waals surface area contributed by atoms with E-state index in [1.165, 1.54) is 16.4 Å². The van der Waals surface area contributed by atoms with Gasteiger partial charge in [0.1, 0.15) is 0 Å². The fourth-order valence-corrected chi connectivity index (χ4v) is 4.96. The van der Waals surface area contributed by atoms with E-state index in [-0.39, 0.29) is 27.0 Å². The molecule has 1 saturated heterocycles. The Morgan fingerprint density at radius 3 is 2.48 bits per heavy atom. The number of nitrogens with zero attached hydrogens (tertiary/aromatic N) is 1. The molecule has 2 aromatic rings. The predicted octanol–water partition coefficient (Wildman–Crippen LogP) is 4.44. The van der Waals surface area contributed by atoms with E-state index >= 15 is 0 Å². The summed E-state index contributed by atoms with van der Waals surface area (Å²) in [5.74, 6) is -0.433. The van der Waals surface area contributed by atoms with Gasteiger partial charge in [-0.05, 0) is 36.8 Å². The first-order valence-corrected chi connectivity index (χ1v) is 10.1. The molecule has 0 radical (unpaired) electrons. The highest BCUT2D eigenvalue weighted by molar-refractivity contribution is 7.93. The van der Waals surface area contributed by atoms with Crippen molar-refractivity contribution in [1.82, 2.24) is 0 Å². The molecule has 0 atom stereocenters. The Labute approximate surface area is 160 Å². The zero-order valence-corrected chi connectivity index (χ0v) is 15.9. The zero-order valence-electron chi connectivity index (χ0n) is 12.8. The number of hydrogen-bond donors (Lipinski definition) is 1. The van der Waals surface area contributed by atoms with Crippen molar-refractivity contribution in [2.45, 2.75) is 6.42 Å². The second-order valence-electron chi connectivity index (χ2n) is 5.49. The van der Waals surface area contributed by atoms with Crippen LogP contribution in [0, 0.1) is 0 Å². The number of sulfonamides is 1. The predicted molar refractivity (Wildman–Crippen MR) is 102 cm³/mol. The molecule has 0 saturated carbocycles. The van der Waals surface area contributed by atoms with E-state index in [1.54, 1.807) is 24.3 Å². The van der Waals surface area contributed by atoms with E-state index in [0.29, 0.717) is 23.7 Å². The van der Waals surface area contributed by atoms with Gasteiger partial charge in [-0.25, -0.2) is 8.42 Å². The van der Waals surface area contributed by atoms with E-state index in [9.17, 15) is 13.2 Å². The monoisotopic (exact) mass is 418 g/mol. The second kappa shape index (κ2) is 7.03. The van der Waals surface area contributed by atoms with E-state index in [2.05, 4.69) is 5.32 Å². The van der Waals surface area contributed by atoms with Crippen LogP contribution >= 0.6 is 34.8 Å². The average Bonchev–Trinajstić information content (AvgIpc) is 2.86. The van der Waals surface area contributed by atoms with Crippen LogP contribution in [0.15, 0.2) is 36.4 Å². The molecule has 1 heterocycles. The average molecular weight is 420 g/mol. The molecule has 1 aliphatic rings. The van der Waals surface area contributed by atoms with Gasteiger partial charge in [0.15, 0.2) is 0 Å². The standard InChI is InChI=1S/C16H13Cl3N2O3S/c17-10-3-1-4-11(7-10)20-16(22)12-8-15(14(19)9-13(12)18)21-5-2-6-25(21,23)24/h1,3-4,7-9H,2,5-6H2,(H,20,22). The number of hydrogen-bond acceptors (Lipinski definition) is 3. The minimum Gasteiger partial charge on any atom is -0.322 e. The highest BCUT2D eigenvalue weighted by Crippen LogP contribution is 2.35. The largest absolute Gasteiger partial charge is 0.322 e. The topological polar surface area (TPSA) is 66.5 Å². The van der Waals surface area contributed by atoms with Gasteiger partial charge in [0.25, 0.3) is 5.91 Å². The molecule has 3 rings (SSSR count). The lowest BCUT2D eigenvalue weighted by Crippen LogP contribution is -2.26. The lowest BCUT2D eigenvalue weighted by Gasteiger charge is -2.20. The number of halogens is 3. The highest BCUT2D eigenvalue weighted by atomic mass is 35.5. The molecule has 1 aliphatic heterocycles. The number of amides is 1. The number of carbonyl (C=O) groups is 1. The zero-order chi connectivity index (χ0) is 18.2. The Morgan fingerprint density at radius 1 is 1.08 bits per heavy atom. The molecule has 1 fully saturated rings. The molecule has 25 heavy (non-hydrogen) atoms. The molecule has 0 spiro atoms. The summed E-state index contributed by atoms with van der Waals surface area (Å²) in [5.41, 5.74) is 0.877. The summed E-state index contributed by atoms with van der Waals surface area (Å²) < 4.78 is 25.5. The number of benzene rings is 2. The lowest BCUT2D eigenvalue weighted by atomic mass is 10.1. The van der Waals surface area contributed by atoms with Crippen LogP contribution in [-0.2, 0) is 10.0 Å². The van der Waals surface area contributed by atoms with Crippen molar-refractivity contribution >= 4 is 62.1 Å². The first kappa shape index (κ1) is 18.3. The molecule has 0 aliphatic carbocycles. The maximum atomic E-state index is 12.5. The van der Waals surface area contributed by atoms with Gasteiger partial charge in [-0.2, -0.15) is 0 Å². The van der Waals surface area contributed by atoms with Crippen molar-refractivity contribution in [3.8, 4) is 0 Å². The summed E-state index contributed by atoms with van der Waals surface area (Å²) in [7, 11) is -3.43. The summed E-state index contributed by atoms with van der Waals surface area (Å²) >= 11 is 18.2. The van der Waals surface area contributed by atoms with E-state index < -0.39 is 15.9 Å². The molecular weight excluding hydrogens is 407 g/mol. The number of nitrogens with one attached hydrogen (secondary N) is 1. The molecule has 1 N–H and O–H groups in total. The lowest BCUT2D eigenvalue weighted by molar-refractivity contribution is 0.102. The van der Waals surface area contributed by atoms with E-state index in [4.69, 9.17) is 34.8 Å². The molecule has 132 valence electrons. The summed E-state index contributed by atoms with van der Waals surface area (Å²) in [4.78, 5) is 12.5.